The maximum atomic E-state index is 12.9. The Morgan fingerprint density at radius 1 is 1.00 bits per heavy atom. The highest BCUT2D eigenvalue weighted by atomic mass is 16.5. The summed E-state index contributed by atoms with van der Waals surface area (Å²) in [4.78, 5) is 36.4. The number of benzene rings is 2. The first kappa shape index (κ1) is 26.8. The molecule has 0 saturated heterocycles. The predicted octanol–water partition coefficient (Wildman–Crippen LogP) is 7.19. The third-order valence-electron chi connectivity index (χ3n) is 7.70. The molecule has 2 aromatic carbocycles. The number of carbonyl (C=O) groups is 2. The minimum atomic E-state index is -0.526. The Balaban J connectivity index is 1.39. The number of nitrogens with zero attached hydrogens (tertiary/aromatic N) is 2. The zero-order valence-electron chi connectivity index (χ0n) is 22.1. The second-order valence-electron chi connectivity index (χ2n) is 10.5. The molecule has 1 heterocycles. The quantitative estimate of drug-likeness (QED) is 0.289. The molecule has 1 aliphatic heterocycles. The molecule has 0 radical (unpaired) electrons. The summed E-state index contributed by atoms with van der Waals surface area (Å²) in [6, 6.07) is 14.7. The topological polar surface area (TPSA) is 88.1 Å². The lowest BCUT2D eigenvalue weighted by atomic mass is 9.77. The Bertz CT molecular complexity index is 1080. The molecule has 37 heavy (non-hydrogen) atoms. The molecule has 2 aromatic rings. The zero-order valence-corrected chi connectivity index (χ0v) is 22.1. The van der Waals surface area contributed by atoms with Crippen molar-refractivity contribution in [3.63, 3.8) is 0 Å². The second kappa shape index (κ2) is 12.8. The van der Waals surface area contributed by atoms with Gasteiger partial charge in [0.05, 0.1) is 12.2 Å². The van der Waals surface area contributed by atoms with E-state index in [1.54, 1.807) is 4.90 Å². The van der Waals surface area contributed by atoms with Gasteiger partial charge in [-0.2, -0.15) is 0 Å². The third-order valence-corrected chi connectivity index (χ3v) is 7.70. The molecule has 1 saturated carbocycles. The lowest BCUT2D eigenvalue weighted by molar-refractivity contribution is -0.119. The average molecular weight is 506 g/mol. The van der Waals surface area contributed by atoms with Crippen molar-refractivity contribution in [1.82, 2.24) is 5.32 Å². The number of hydrogen-bond donors (Lipinski definition) is 1. The van der Waals surface area contributed by atoms with E-state index in [2.05, 4.69) is 47.7 Å². The average Bonchev–Trinajstić information content (AvgIpc) is 2.92. The van der Waals surface area contributed by atoms with Crippen molar-refractivity contribution in [1.29, 1.82) is 0 Å². The van der Waals surface area contributed by atoms with Crippen molar-refractivity contribution in [3.8, 4) is 16.9 Å². The number of hydrogen-bond acceptors (Lipinski definition) is 4. The number of nitrogens with one attached hydrogen (secondary N) is 1. The molecule has 4 rings (SSSR count). The van der Waals surface area contributed by atoms with Crippen LogP contribution in [0.5, 0.6) is 5.75 Å². The van der Waals surface area contributed by atoms with E-state index in [0.29, 0.717) is 19.0 Å². The Labute approximate surface area is 219 Å². The molecular formula is C30H39N3O4. The fourth-order valence-corrected chi connectivity index (χ4v) is 5.59. The van der Waals surface area contributed by atoms with Gasteiger partial charge in [0.2, 0.25) is 0 Å². The van der Waals surface area contributed by atoms with Gasteiger partial charge in [-0.1, -0.05) is 56.5 Å². The molecule has 198 valence electrons. The van der Waals surface area contributed by atoms with Crippen molar-refractivity contribution in [3.05, 3.63) is 52.9 Å². The lowest BCUT2D eigenvalue weighted by Gasteiger charge is -2.33. The summed E-state index contributed by atoms with van der Waals surface area (Å²) in [5.74, 6) is 0.967. The van der Waals surface area contributed by atoms with E-state index >= 15 is 0 Å². The molecule has 0 spiro atoms. The van der Waals surface area contributed by atoms with E-state index in [1.165, 1.54) is 18.4 Å². The van der Waals surface area contributed by atoms with Gasteiger partial charge < -0.3 is 10.1 Å². The van der Waals surface area contributed by atoms with E-state index in [9.17, 15) is 14.5 Å². The Kier molecular flexibility index (Phi) is 9.31. The molecule has 1 atom stereocenters. The highest BCUT2D eigenvalue weighted by Crippen LogP contribution is 2.39. The van der Waals surface area contributed by atoms with Gasteiger partial charge in [0.1, 0.15) is 11.9 Å². The van der Waals surface area contributed by atoms with Gasteiger partial charge in [0, 0.05) is 18.1 Å². The fraction of sp³-hybridized carbons (Fsp3) is 0.533. The van der Waals surface area contributed by atoms with Crippen LogP contribution in [-0.4, -0.2) is 31.1 Å². The van der Waals surface area contributed by atoms with Crippen molar-refractivity contribution < 1.29 is 14.3 Å². The number of amides is 3. The third kappa shape index (κ3) is 6.96. The number of carbonyl (C=O) groups excluding carboxylic acids is 2. The number of unbranched alkanes of at least 4 members (excludes halogenated alkanes) is 3. The summed E-state index contributed by atoms with van der Waals surface area (Å²) in [7, 11) is 0. The van der Waals surface area contributed by atoms with Crippen LogP contribution in [0.1, 0.15) is 83.1 Å². The van der Waals surface area contributed by atoms with E-state index in [0.717, 1.165) is 61.1 Å². The molecule has 2 aliphatic rings. The van der Waals surface area contributed by atoms with Gasteiger partial charge in [0.15, 0.2) is 0 Å². The molecule has 1 unspecified atom stereocenters. The van der Waals surface area contributed by atoms with E-state index in [1.807, 2.05) is 19.1 Å². The van der Waals surface area contributed by atoms with Crippen molar-refractivity contribution in [2.24, 2.45) is 11.1 Å². The molecule has 7 nitrogen and oxygen atoms in total. The van der Waals surface area contributed by atoms with Crippen LogP contribution in [0.3, 0.4) is 0 Å². The first-order valence-corrected chi connectivity index (χ1v) is 13.8. The first-order chi connectivity index (χ1) is 18.0. The number of rotatable bonds is 9. The van der Waals surface area contributed by atoms with Gasteiger partial charge in [-0.05, 0) is 79.7 Å². The van der Waals surface area contributed by atoms with Crippen LogP contribution in [0.2, 0.25) is 0 Å². The van der Waals surface area contributed by atoms with Crippen molar-refractivity contribution in [2.45, 2.75) is 83.7 Å². The van der Waals surface area contributed by atoms with Crippen LogP contribution >= 0.6 is 0 Å². The van der Waals surface area contributed by atoms with Crippen LogP contribution in [0.15, 0.2) is 47.6 Å². The summed E-state index contributed by atoms with van der Waals surface area (Å²) in [6.45, 7) is 5.40. The van der Waals surface area contributed by atoms with Gasteiger partial charge in [-0.3, -0.25) is 9.69 Å². The lowest BCUT2D eigenvalue weighted by Crippen LogP contribution is -2.47. The zero-order chi connectivity index (χ0) is 26.2. The summed E-state index contributed by atoms with van der Waals surface area (Å²) < 4.78 is 6.12. The number of urea groups is 1. The highest BCUT2D eigenvalue weighted by Gasteiger charge is 2.28. The van der Waals surface area contributed by atoms with Crippen LogP contribution in [0.4, 0.5) is 10.5 Å². The maximum Gasteiger partial charge on any atom is 0.322 e. The standard InChI is InChI=1S/C30H39N3O4/c1-3-4-5-6-17-31-30(35)33-20-21(2)37-28-19-26(15-16-27(28)33)25-13-11-24(12-14-25)23-9-7-22(8-10-23)18-29(34)32-36/h11-16,19,21-23H,3-10,17-18,20H2,1-2H3,(H,31,35). The second-order valence-corrected chi connectivity index (χ2v) is 10.5. The minimum absolute atomic E-state index is 0.0634. The van der Waals surface area contributed by atoms with Crippen molar-refractivity contribution >= 4 is 17.6 Å². The number of anilines is 1. The van der Waals surface area contributed by atoms with Gasteiger partial charge in [-0.15, -0.1) is 4.91 Å². The van der Waals surface area contributed by atoms with E-state index in [4.69, 9.17) is 4.74 Å². The smallest absolute Gasteiger partial charge is 0.322 e. The molecule has 0 aromatic heterocycles. The Hall–Kier alpha value is -3.22. The summed E-state index contributed by atoms with van der Waals surface area (Å²) in [5, 5.41) is 5.61. The summed E-state index contributed by atoms with van der Waals surface area (Å²) in [6.07, 6.45) is 8.67. The maximum absolute atomic E-state index is 12.9. The molecule has 3 amide bonds. The summed E-state index contributed by atoms with van der Waals surface area (Å²) >= 11 is 0. The van der Waals surface area contributed by atoms with Crippen LogP contribution in [0.25, 0.3) is 11.1 Å². The predicted molar refractivity (Wildman–Crippen MR) is 147 cm³/mol. The van der Waals surface area contributed by atoms with Crippen LogP contribution in [-0.2, 0) is 4.79 Å². The minimum Gasteiger partial charge on any atom is -0.487 e. The van der Waals surface area contributed by atoms with Gasteiger partial charge in [-0.25, -0.2) is 4.79 Å². The monoisotopic (exact) mass is 505 g/mol. The Morgan fingerprint density at radius 3 is 2.43 bits per heavy atom. The highest BCUT2D eigenvalue weighted by molar-refractivity contribution is 5.94. The fourth-order valence-electron chi connectivity index (χ4n) is 5.59. The molecular weight excluding hydrogens is 466 g/mol. The SMILES string of the molecule is CCCCCCNC(=O)N1CC(C)Oc2cc(-c3ccc(C4CCC(CC(=O)N=O)CC4)cc3)ccc21. The summed E-state index contributed by atoms with van der Waals surface area (Å²) in [5.41, 5.74) is 4.29. The molecule has 1 fully saturated rings. The number of ether oxygens (including phenoxy) is 1. The van der Waals surface area contributed by atoms with E-state index in [-0.39, 0.29) is 24.5 Å². The van der Waals surface area contributed by atoms with E-state index < -0.39 is 5.91 Å². The van der Waals surface area contributed by atoms with Crippen molar-refractivity contribution in [2.75, 3.05) is 18.0 Å². The van der Waals surface area contributed by atoms with Crippen LogP contribution in [0, 0.1) is 10.8 Å². The first-order valence-electron chi connectivity index (χ1n) is 13.8. The van der Waals surface area contributed by atoms with Gasteiger partial charge >= 0.3 is 6.03 Å². The number of fused-ring (bicyclic) bond motifs is 1. The largest absolute Gasteiger partial charge is 0.487 e. The number of nitroso groups, excluding NO2 is 1. The molecule has 0 bridgehead atoms. The van der Waals surface area contributed by atoms with Gasteiger partial charge in [0.25, 0.3) is 5.91 Å². The normalized spacial score (nSPS) is 21.0. The molecule has 7 heteroatoms. The Morgan fingerprint density at radius 2 is 1.73 bits per heavy atom. The van der Waals surface area contributed by atoms with Crippen LogP contribution < -0.4 is 15.0 Å². The molecule has 1 N–H and O–H groups in total. The molecule has 1 aliphatic carbocycles.